The fourth-order valence-corrected chi connectivity index (χ4v) is 2.58. The Kier molecular flexibility index (Phi) is 3.93. The number of aromatic carboxylic acids is 1. The van der Waals surface area contributed by atoms with Crippen LogP contribution in [-0.4, -0.2) is 25.8 Å². The first kappa shape index (κ1) is 15.0. The Labute approximate surface area is 134 Å². The van der Waals surface area contributed by atoms with Crippen LogP contribution in [0.25, 0.3) is 11.3 Å². The number of carboxylic acid groups (broad SMARTS) is 1. The second kappa shape index (κ2) is 6.04. The third kappa shape index (κ3) is 3.13. The number of hydrogen-bond donors (Lipinski definition) is 1. The molecule has 3 aromatic rings. The molecule has 0 atom stereocenters. The molecule has 0 unspecified atom stereocenters. The molecule has 0 spiro atoms. The zero-order chi connectivity index (χ0) is 16.4. The van der Waals surface area contributed by atoms with Crippen molar-refractivity contribution in [1.82, 2.24) is 14.8 Å². The molecule has 1 aromatic carbocycles. The summed E-state index contributed by atoms with van der Waals surface area (Å²) in [5.41, 5.74) is 4.64. The molecule has 0 saturated heterocycles. The maximum atomic E-state index is 11.3. The van der Waals surface area contributed by atoms with Gasteiger partial charge in [-0.25, -0.2) is 4.79 Å². The molecule has 0 amide bonds. The molecule has 0 aliphatic heterocycles. The van der Waals surface area contributed by atoms with E-state index >= 15 is 0 Å². The second-order valence-electron chi connectivity index (χ2n) is 5.49. The summed E-state index contributed by atoms with van der Waals surface area (Å²) in [5.74, 6) is -0.950. The monoisotopic (exact) mass is 307 g/mol. The van der Waals surface area contributed by atoms with Crippen molar-refractivity contribution in [3.8, 4) is 11.3 Å². The summed E-state index contributed by atoms with van der Waals surface area (Å²) in [6.45, 7) is 4.63. The fourth-order valence-electron chi connectivity index (χ4n) is 2.58. The number of carbonyl (C=O) groups is 1. The molecule has 0 aliphatic rings. The highest BCUT2D eigenvalue weighted by molar-refractivity contribution is 5.95. The largest absolute Gasteiger partial charge is 0.478 e. The number of hydrogen-bond acceptors (Lipinski definition) is 3. The third-order valence-electron chi connectivity index (χ3n) is 3.69. The standard InChI is InChI=1S/C18H17N3O2/c1-12-9-13(2)21(20-12)11-14-7-8-17(19-10-14)15-5-3-4-6-16(15)18(22)23/h3-10H,11H2,1-2H3,(H,22,23). The quantitative estimate of drug-likeness (QED) is 0.803. The number of rotatable bonds is 4. The van der Waals surface area contributed by atoms with Crippen LogP contribution in [0.3, 0.4) is 0 Å². The highest BCUT2D eigenvalue weighted by Gasteiger charge is 2.11. The van der Waals surface area contributed by atoms with Crippen molar-refractivity contribution in [3.05, 3.63) is 71.2 Å². The van der Waals surface area contributed by atoms with E-state index in [4.69, 9.17) is 0 Å². The Bertz CT molecular complexity index is 851. The minimum Gasteiger partial charge on any atom is -0.478 e. The van der Waals surface area contributed by atoms with E-state index in [0.29, 0.717) is 17.8 Å². The topological polar surface area (TPSA) is 68.0 Å². The molecule has 1 N–H and O–H groups in total. The third-order valence-corrected chi connectivity index (χ3v) is 3.69. The number of benzene rings is 1. The summed E-state index contributed by atoms with van der Waals surface area (Å²) in [6, 6.07) is 12.7. The van der Waals surface area contributed by atoms with E-state index in [9.17, 15) is 9.90 Å². The molecule has 116 valence electrons. The Morgan fingerprint density at radius 3 is 2.57 bits per heavy atom. The molecule has 0 bridgehead atoms. The molecule has 0 saturated carbocycles. The van der Waals surface area contributed by atoms with Gasteiger partial charge in [-0.2, -0.15) is 5.10 Å². The molecule has 2 heterocycles. The van der Waals surface area contributed by atoms with Gasteiger partial charge in [0.05, 0.1) is 23.5 Å². The van der Waals surface area contributed by atoms with Crippen molar-refractivity contribution in [2.45, 2.75) is 20.4 Å². The summed E-state index contributed by atoms with van der Waals surface area (Å²) in [5, 5.41) is 13.7. The zero-order valence-corrected chi connectivity index (χ0v) is 13.0. The maximum Gasteiger partial charge on any atom is 0.336 e. The second-order valence-corrected chi connectivity index (χ2v) is 5.49. The first-order valence-corrected chi connectivity index (χ1v) is 7.33. The van der Waals surface area contributed by atoms with Crippen LogP contribution >= 0.6 is 0 Å². The van der Waals surface area contributed by atoms with E-state index in [2.05, 4.69) is 10.1 Å². The Morgan fingerprint density at radius 2 is 1.96 bits per heavy atom. The highest BCUT2D eigenvalue weighted by Crippen LogP contribution is 2.22. The first-order valence-electron chi connectivity index (χ1n) is 7.33. The van der Waals surface area contributed by atoms with Gasteiger partial charge in [-0.15, -0.1) is 0 Å². The lowest BCUT2D eigenvalue weighted by molar-refractivity contribution is 0.0697. The predicted molar refractivity (Wildman–Crippen MR) is 87.4 cm³/mol. The number of aromatic nitrogens is 3. The van der Waals surface area contributed by atoms with Crippen LogP contribution in [0.5, 0.6) is 0 Å². The molecule has 3 rings (SSSR count). The van der Waals surface area contributed by atoms with Gasteiger partial charge >= 0.3 is 5.97 Å². The normalized spacial score (nSPS) is 10.7. The molecular formula is C18H17N3O2. The lowest BCUT2D eigenvalue weighted by Crippen LogP contribution is -2.05. The van der Waals surface area contributed by atoms with Gasteiger partial charge in [0.2, 0.25) is 0 Å². The van der Waals surface area contributed by atoms with Crippen molar-refractivity contribution in [3.63, 3.8) is 0 Å². The van der Waals surface area contributed by atoms with Crippen molar-refractivity contribution in [1.29, 1.82) is 0 Å². The van der Waals surface area contributed by atoms with Crippen LogP contribution in [-0.2, 0) is 6.54 Å². The number of pyridine rings is 1. The van der Waals surface area contributed by atoms with Crippen molar-refractivity contribution < 1.29 is 9.90 Å². The molecular weight excluding hydrogens is 290 g/mol. The minimum absolute atomic E-state index is 0.256. The maximum absolute atomic E-state index is 11.3. The summed E-state index contributed by atoms with van der Waals surface area (Å²) in [4.78, 5) is 15.7. The van der Waals surface area contributed by atoms with Crippen molar-refractivity contribution >= 4 is 5.97 Å². The lowest BCUT2D eigenvalue weighted by Gasteiger charge is -2.08. The summed E-state index contributed by atoms with van der Waals surface area (Å²) in [7, 11) is 0. The van der Waals surface area contributed by atoms with E-state index in [1.54, 1.807) is 24.4 Å². The van der Waals surface area contributed by atoms with Gasteiger partial charge in [-0.05, 0) is 37.6 Å². The highest BCUT2D eigenvalue weighted by atomic mass is 16.4. The molecule has 23 heavy (non-hydrogen) atoms. The summed E-state index contributed by atoms with van der Waals surface area (Å²) < 4.78 is 1.93. The molecule has 0 fully saturated rings. The number of carboxylic acids is 1. The van der Waals surface area contributed by atoms with Crippen LogP contribution < -0.4 is 0 Å². The summed E-state index contributed by atoms with van der Waals surface area (Å²) in [6.07, 6.45) is 1.77. The Hall–Kier alpha value is -2.95. The smallest absolute Gasteiger partial charge is 0.336 e. The van der Waals surface area contributed by atoms with Crippen molar-refractivity contribution in [2.75, 3.05) is 0 Å². The molecule has 0 radical (unpaired) electrons. The molecule has 5 nitrogen and oxygen atoms in total. The zero-order valence-electron chi connectivity index (χ0n) is 13.0. The van der Waals surface area contributed by atoms with Crippen molar-refractivity contribution in [2.24, 2.45) is 0 Å². The van der Waals surface area contributed by atoms with E-state index < -0.39 is 5.97 Å². The van der Waals surface area contributed by atoms with Crippen LogP contribution in [0.15, 0.2) is 48.7 Å². The Morgan fingerprint density at radius 1 is 1.17 bits per heavy atom. The number of aryl methyl sites for hydroxylation is 2. The van der Waals surface area contributed by atoms with Gasteiger partial charge in [-0.3, -0.25) is 9.67 Å². The van der Waals surface area contributed by atoms with E-state index in [0.717, 1.165) is 17.0 Å². The van der Waals surface area contributed by atoms with Crippen LogP contribution in [0.4, 0.5) is 0 Å². The first-order chi connectivity index (χ1) is 11.0. The summed E-state index contributed by atoms with van der Waals surface area (Å²) >= 11 is 0. The molecule has 5 heteroatoms. The molecule has 0 aliphatic carbocycles. The average molecular weight is 307 g/mol. The van der Waals surface area contributed by atoms with Gasteiger partial charge in [0.15, 0.2) is 0 Å². The van der Waals surface area contributed by atoms with Gasteiger partial charge in [0, 0.05) is 17.5 Å². The number of nitrogens with zero attached hydrogens (tertiary/aromatic N) is 3. The van der Waals surface area contributed by atoms with Crippen LogP contribution in [0.1, 0.15) is 27.3 Å². The van der Waals surface area contributed by atoms with E-state index in [1.807, 2.05) is 42.8 Å². The Balaban J connectivity index is 1.88. The van der Waals surface area contributed by atoms with Crippen LogP contribution in [0, 0.1) is 13.8 Å². The van der Waals surface area contributed by atoms with Gasteiger partial charge in [-0.1, -0.05) is 24.3 Å². The SMILES string of the molecule is Cc1cc(C)n(Cc2ccc(-c3ccccc3C(=O)O)nc2)n1. The van der Waals surface area contributed by atoms with Gasteiger partial charge in [0.1, 0.15) is 0 Å². The van der Waals surface area contributed by atoms with Gasteiger partial charge < -0.3 is 5.11 Å². The van der Waals surface area contributed by atoms with E-state index in [1.165, 1.54) is 0 Å². The predicted octanol–water partition coefficient (Wildman–Crippen LogP) is 3.31. The van der Waals surface area contributed by atoms with Gasteiger partial charge in [0.25, 0.3) is 0 Å². The van der Waals surface area contributed by atoms with E-state index in [-0.39, 0.29) is 5.56 Å². The average Bonchev–Trinajstić information content (AvgIpc) is 2.85. The van der Waals surface area contributed by atoms with Crippen LogP contribution in [0.2, 0.25) is 0 Å². The minimum atomic E-state index is -0.950. The fraction of sp³-hybridized carbons (Fsp3) is 0.167. The molecule has 2 aromatic heterocycles. The lowest BCUT2D eigenvalue weighted by atomic mass is 10.0.